The van der Waals surface area contributed by atoms with Crippen LogP contribution in [0.25, 0.3) is 11.3 Å². The fourth-order valence-corrected chi connectivity index (χ4v) is 4.30. The molecule has 0 N–H and O–H groups in total. The van der Waals surface area contributed by atoms with E-state index in [-0.39, 0.29) is 0 Å². The third-order valence-corrected chi connectivity index (χ3v) is 6.11. The summed E-state index contributed by atoms with van der Waals surface area (Å²) in [6.45, 7) is 5.16. The van der Waals surface area contributed by atoms with Crippen LogP contribution in [0.4, 0.5) is 0 Å². The molecule has 8 heteroatoms. The van der Waals surface area contributed by atoms with Gasteiger partial charge in [0.2, 0.25) is 4.80 Å². The summed E-state index contributed by atoms with van der Waals surface area (Å²) in [5.41, 5.74) is 3.00. The number of morpholine rings is 1. The maximum atomic E-state index is 5.43. The summed E-state index contributed by atoms with van der Waals surface area (Å²) in [6.07, 6.45) is 1.84. The van der Waals surface area contributed by atoms with Gasteiger partial charge < -0.3 is 14.2 Å². The maximum absolute atomic E-state index is 5.43. The van der Waals surface area contributed by atoms with E-state index >= 15 is 0 Å². The van der Waals surface area contributed by atoms with Crippen LogP contribution in [0.5, 0.6) is 11.5 Å². The third kappa shape index (κ3) is 5.64. The summed E-state index contributed by atoms with van der Waals surface area (Å²) >= 11 is 1.59. The van der Waals surface area contributed by atoms with Crippen LogP contribution < -0.4 is 14.3 Å². The zero-order valence-corrected chi connectivity index (χ0v) is 19.3. The molecule has 7 nitrogen and oxygen atoms in total. The minimum Gasteiger partial charge on any atom is -0.497 e. The lowest BCUT2D eigenvalue weighted by molar-refractivity contribution is 0.0393. The van der Waals surface area contributed by atoms with Gasteiger partial charge in [-0.25, -0.2) is 4.68 Å². The lowest BCUT2D eigenvalue weighted by atomic mass is 10.2. The van der Waals surface area contributed by atoms with E-state index in [9.17, 15) is 0 Å². The molecule has 0 spiro atoms. The number of rotatable bonds is 8. The Hall–Kier alpha value is -2.94. The number of nitrogens with zero attached hydrogens (tertiary/aromatic N) is 4. The van der Waals surface area contributed by atoms with Crippen LogP contribution in [0.15, 0.2) is 64.0 Å². The van der Waals surface area contributed by atoms with E-state index in [1.54, 1.807) is 25.6 Å². The largest absolute Gasteiger partial charge is 0.497 e. The molecular weight excluding hydrogens is 424 g/mol. The number of aromatic nitrogens is 1. The first kappa shape index (κ1) is 22.3. The topological polar surface area (TPSA) is 60.6 Å². The Bertz CT molecular complexity index is 1100. The van der Waals surface area contributed by atoms with Crippen LogP contribution in [0.3, 0.4) is 0 Å². The second kappa shape index (κ2) is 11.1. The smallest absolute Gasteiger partial charge is 0.206 e. The van der Waals surface area contributed by atoms with Crippen molar-refractivity contribution in [2.45, 2.75) is 0 Å². The van der Waals surface area contributed by atoms with Gasteiger partial charge in [0.05, 0.1) is 45.9 Å². The molecule has 1 aromatic heterocycles. The quantitative estimate of drug-likeness (QED) is 0.492. The highest BCUT2D eigenvalue weighted by Crippen LogP contribution is 2.23. The van der Waals surface area contributed by atoms with Gasteiger partial charge in [0.1, 0.15) is 11.5 Å². The van der Waals surface area contributed by atoms with Gasteiger partial charge in [0, 0.05) is 30.6 Å². The second-order valence-electron chi connectivity index (χ2n) is 7.30. The zero-order chi connectivity index (χ0) is 22.2. The average Bonchev–Trinajstić information content (AvgIpc) is 3.26. The Balaban J connectivity index is 1.63. The Kier molecular flexibility index (Phi) is 7.71. The van der Waals surface area contributed by atoms with Crippen LogP contribution in [0.1, 0.15) is 5.56 Å². The summed E-state index contributed by atoms with van der Waals surface area (Å²) in [7, 11) is 3.33. The normalized spacial score (nSPS) is 15.4. The number of ether oxygens (including phenoxy) is 3. The van der Waals surface area contributed by atoms with Crippen molar-refractivity contribution in [2.75, 3.05) is 53.6 Å². The molecule has 0 radical (unpaired) electrons. The van der Waals surface area contributed by atoms with Crippen molar-refractivity contribution in [1.82, 2.24) is 9.58 Å². The maximum Gasteiger partial charge on any atom is 0.206 e. The van der Waals surface area contributed by atoms with E-state index in [0.29, 0.717) is 0 Å². The molecule has 1 aliphatic rings. The Morgan fingerprint density at radius 2 is 1.81 bits per heavy atom. The lowest BCUT2D eigenvalue weighted by Gasteiger charge is -2.25. The van der Waals surface area contributed by atoms with Gasteiger partial charge in [-0.3, -0.25) is 9.89 Å². The van der Waals surface area contributed by atoms with Crippen LogP contribution in [0, 0.1) is 0 Å². The first-order valence-electron chi connectivity index (χ1n) is 10.6. The number of hydrogen-bond donors (Lipinski definition) is 0. The predicted octanol–water partition coefficient (Wildman–Crippen LogP) is 3.35. The van der Waals surface area contributed by atoms with Gasteiger partial charge in [-0.1, -0.05) is 12.1 Å². The summed E-state index contributed by atoms with van der Waals surface area (Å²) in [6, 6.07) is 15.8. The molecule has 0 saturated carbocycles. The fourth-order valence-electron chi connectivity index (χ4n) is 3.44. The van der Waals surface area contributed by atoms with Crippen molar-refractivity contribution >= 4 is 17.6 Å². The summed E-state index contributed by atoms with van der Waals surface area (Å²) in [5, 5.41) is 6.88. The van der Waals surface area contributed by atoms with Crippen LogP contribution in [-0.4, -0.2) is 69.4 Å². The van der Waals surface area contributed by atoms with Gasteiger partial charge in [-0.2, -0.15) is 5.10 Å². The first-order chi connectivity index (χ1) is 15.8. The summed E-state index contributed by atoms with van der Waals surface area (Å²) in [4.78, 5) is 8.11. The number of thiazole rings is 1. The molecule has 0 unspecified atom stereocenters. The highest BCUT2D eigenvalue weighted by atomic mass is 32.1. The van der Waals surface area contributed by atoms with E-state index in [4.69, 9.17) is 24.3 Å². The highest BCUT2D eigenvalue weighted by molar-refractivity contribution is 7.07. The van der Waals surface area contributed by atoms with E-state index in [1.165, 1.54) is 0 Å². The SMILES string of the molecule is COc1ccc(-c2csc(=NCCN3CCOCC3)n2/N=C\c2cccc(OC)c2)cc1. The molecule has 2 aromatic carbocycles. The van der Waals surface area contributed by atoms with Crippen molar-refractivity contribution in [3.8, 4) is 22.8 Å². The molecule has 0 aliphatic carbocycles. The molecule has 0 amide bonds. The van der Waals surface area contributed by atoms with Gasteiger partial charge >= 0.3 is 0 Å². The van der Waals surface area contributed by atoms with E-state index in [1.807, 2.05) is 59.4 Å². The third-order valence-electron chi connectivity index (χ3n) is 5.25. The molecule has 0 atom stereocenters. The lowest BCUT2D eigenvalue weighted by Crippen LogP contribution is -2.38. The summed E-state index contributed by atoms with van der Waals surface area (Å²) in [5.74, 6) is 1.63. The van der Waals surface area contributed by atoms with Gasteiger partial charge in [-0.05, 0) is 42.0 Å². The van der Waals surface area contributed by atoms with Crippen molar-refractivity contribution in [2.24, 2.45) is 10.1 Å². The molecule has 0 bridgehead atoms. The molecule has 1 saturated heterocycles. The predicted molar refractivity (Wildman–Crippen MR) is 128 cm³/mol. The molecule has 32 heavy (non-hydrogen) atoms. The Morgan fingerprint density at radius 1 is 1.03 bits per heavy atom. The van der Waals surface area contributed by atoms with E-state index in [2.05, 4.69) is 10.3 Å². The van der Waals surface area contributed by atoms with Gasteiger partial charge in [0.25, 0.3) is 0 Å². The first-order valence-corrected chi connectivity index (χ1v) is 11.5. The van der Waals surface area contributed by atoms with Crippen molar-refractivity contribution in [3.05, 3.63) is 64.3 Å². The Labute approximate surface area is 192 Å². The Morgan fingerprint density at radius 3 is 2.56 bits per heavy atom. The van der Waals surface area contributed by atoms with Gasteiger partial charge in [-0.15, -0.1) is 11.3 Å². The monoisotopic (exact) mass is 452 g/mol. The van der Waals surface area contributed by atoms with Crippen LogP contribution in [0.2, 0.25) is 0 Å². The van der Waals surface area contributed by atoms with E-state index in [0.717, 1.165) is 72.5 Å². The minimum absolute atomic E-state index is 0.719. The van der Waals surface area contributed by atoms with Crippen LogP contribution in [-0.2, 0) is 4.74 Å². The zero-order valence-electron chi connectivity index (χ0n) is 18.4. The van der Waals surface area contributed by atoms with Crippen molar-refractivity contribution in [3.63, 3.8) is 0 Å². The molecule has 2 heterocycles. The minimum atomic E-state index is 0.719. The highest BCUT2D eigenvalue weighted by Gasteiger charge is 2.10. The fraction of sp³-hybridized carbons (Fsp3) is 0.333. The van der Waals surface area contributed by atoms with E-state index < -0.39 is 0 Å². The molecule has 1 aliphatic heterocycles. The molecule has 4 rings (SSSR count). The van der Waals surface area contributed by atoms with Crippen LogP contribution >= 0.6 is 11.3 Å². The number of benzene rings is 2. The molecule has 3 aromatic rings. The average molecular weight is 453 g/mol. The standard InChI is InChI=1S/C24H28N4O3S/c1-29-21-8-6-20(7-9-21)23-18-32-24(25-10-11-27-12-14-31-15-13-27)28(23)26-17-19-4-3-5-22(16-19)30-2/h3-9,16-18H,10-15H2,1-2H3/b25-24?,26-17-. The second-order valence-corrected chi connectivity index (χ2v) is 8.14. The van der Waals surface area contributed by atoms with Gasteiger partial charge in [0.15, 0.2) is 0 Å². The molecule has 168 valence electrons. The summed E-state index contributed by atoms with van der Waals surface area (Å²) < 4.78 is 18.0. The number of hydrogen-bond acceptors (Lipinski definition) is 7. The van der Waals surface area contributed by atoms with Crippen molar-refractivity contribution in [1.29, 1.82) is 0 Å². The molecule has 1 fully saturated rings. The number of methoxy groups -OCH3 is 2. The van der Waals surface area contributed by atoms with Crippen molar-refractivity contribution < 1.29 is 14.2 Å². The molecular formula is C24H28N4O3S.